The van der Waals surface area contributed by atoms with Gasteiger partial charge in [0, 0.05) is 0 Å². The Balaban J connectivity index is 3.12. The Kier molecular flexibility index (Phi) is 8.22. The summed E-state index contributed by atoms with van der Waals surface area (Å²) in [5.41, 5.74) is 1.26. The van der Waals surface area contributed by atoms with Crippen molar-refractivity contribution in [2.75, 3.05) is 0 Å². The summed E-state index contributed by atoms with van der Waals surface area (Å²) in [5.74, 6) is 4.40. The highest BCUT2D eigenvalue weighted by atomic mass is 28.4. The zero-order valence-electron chi connectivity index (χ0n) is 19.6. The van der Waals surface area contributed by atoms with Crippen LogP contribution in [0.5, 0.6) is 0 Å². The summed E-state index contributed by atoms with van der Waals surface area (Å²) in [6.07, 6.45) is 9.34. The first kappa shape index (κ1) is 24.7. The van der Waals surface area contributed by atoms with E-state index in [1.165, 1.54) is 18.4 Å². The highest BCUT2D eigenvalue weighted by Crippen LogP contribution is 2.44. The molecule has 1 saturated carbocycles. The molecule has 0 radical (unpaired) electrons. The average molecular weight is 409 g/mol. The maximum atomic E-state index is 6.71. The standard InChI is InChI=1S/C23H44O2Si2/c1-13-19(24-27(11,12)23(5,6)7)16-21-20(17(2)3)15-14-18(4)22(21)25-26(8,9)10/h1,18-22H,2,14-16H2,3-12H3/t18-,19-,20-,21-,22-/m1/s1. The van der Waals surface area contributed by atoms with Crippen molar-refractivity contribution in [2.45, 2.75) is 104 Å². The molecule has 0 bridgehead atoms. The van der Waals surface area contributed by atoms with Crippen LogP contribution >= 0.6 is 0 Å². The van der Waals surface area contributed by atoms with Crippen LogP contribution in [0, 0.1) is 30.1 Å². The van der Waals surface area contributed by atoms with Gasteiger partial charge in [0.05, 0.1) is 6.10 Å². The molecule has 0 heterocycles. The van der Waals surface area contributed by atoms with Gasteiger partial charge in [0.2, 0.25) is 0 Å². The van der Waals surface area contributed by atoms with Crippen LogP contribution in [-0.4, -0.2) is 28.8 Å². The van der Waals surface area contributed by atoms with E-state index in [0.717, 1.165) is 6.42 Å². The van der Waals surface area contributed by atoms with Gasteiger partial charge in [0.25, 0.3) is 0 Å². The topological polar surface area (TPSA) is 18.5 Å². The van der Waals surface area contributed by atoms with E-state index >= 15 is 0 Å². The molecule has 1 fully saturated rings. The van der Waals surface area contributed by atoms with Gasteiger partial charge in [-0.15, -0.1) is 6.42 Å². The van der Waals surface area contributed by atoms with Gasteiger partial charge in [0.1, 0.15) is 6.10 Å². The van der Waals surface area contributed by atoms with Crippen LogP contribution in [0.1, 0.15) is 53.9 Å². The van der Waals surface area contributed by atoms with Gasteiger partial charge in [-0.25, -0.2) is 0 Å². The van der Waals surface area contributed by atoms with E-state index in [0.29, 0.717) is 17.8 Å². The van der Waals surface area contributed by atoms with Crippen molar-refractivity contribution >= 4 is 16.6 Å². The molecule has 5 atom stereocenters. The molecular weight excluding hydrogens is 364 g/mol. The summed E-state index contributed by atoms with van der Waals surface area (Å²) in [6.45, 7) is 27.0. The minimum Gasteiger partial charge on any atom is -0.414 e. The van der Waals surface area contributed by atoms with Crippen molar-refractivity contribution in [3.8, 4) is 12.3 Å². The fourth-order valence-corrected chi connectivity index (χ4v) is 6.38. The smallest absolute Gasteiger partial charge is 0.193 e. The molecule has 156 valence electrons. The minimum atomic E-state index is -1.91. The Labute approximate surface area is 171 Å². The molecule has 0 aromatic rings. The third kappa shape index (κ3) is 6.89. The van der Waals surface area contributed by atoms with Crippen molar-refractivity contribution in [1.29, 1.82) is 0 Å². The van der Waals surface area contributed by atoms with E-state index in [1.54, 1.807) is 0 Å². The molecule has 0 amide bonds. The van der Waals surface area contributed by atoms with E-state index < -0.39 is 16.6 Å². The molecule has 0 aromatic heterocycles. The van der Waals surface area contributed by atoms with Gasteiger partial charge >= 0.3 is 0 Å². The Morgan fingerprint density at radius 3 is 2.15 bits per heavy atom. The summed E-state index contributed by atoms with van der Waals surface area (Å²) >= 11 is 0. The van der Waals surface area contributed by atoms with Gasteiger partial charge in [-0.3, -0.25) is 0 Å². The Morgan fingerprint density at radius 1 is 1.19 bits per heavy atom. The van der Waals surface area contributed by atoms with Gasteiger partial charge in [-0.05, 0) is 81.7 Å². The molecule has 0 saturated heterocycles. The van der Waals surface area contributed by atoms with Crippen molar-refractivity contribution in [3.05, 3.63) is 12.2 Å². The molecule has 4 heteroatoms. The summed E-state index contributed by atoms with van der Waals surface area (Å²) in [6, 6.07) is 0. The zero-order chi connectivity index (χ0) is 21.2. The molecule has 0 N–H and O–H groups in total. The van der Waals surface area contributed by atoms with Gasteiger partial charge in [-0.1, -0.05) is 45.8 Å². The predicted molar refractivity (Wildman–Crippen MR) is 124 cm³/mol. The molecule has 0 spiro atoms. The Morgan fingerprint density at radius 2 is 1.74 bits per heavy atom. The summed E-state index contributed by atoms with van der Waals surface area (Å²) in [5, 5.41) is 0.157. The number of hydrogen-bond acceptors (Lipinski definition) is 2. The number of terminal acetylenes is 1. The highest BCUT2D eigenvalue weighted by Gasteiger charge is 2.44. The fraction of sp³-hybridized carbons (Fsp3) is 0.826. The molecule has 27 heavy (non-hydrogen) atoms. The van der Waals surface area contributed by atoms with Crippen LogP contribution in [0.3, 0.4) is 0 Å². The highest BCUT2D eigenvalue weighted by molar-refractivity contribution is 6.74. The van der Waals surface area contributed by atoms with Gasteiger partial charge < -0.3 is 8.85 Å². The Hall–Kier alpha value is -0.346. The zero-order valence-corrected chi connectivity index (χ0v) is 21.6. The summed E-state index contributed by atoms with van der Waals surface area (Å²) < 4.78 is 13.3. The maximum absolute atomic E-state index is 6.71. The third-order valence-electron chi connectivity index (χ3n) is 6.47. The molecule has 1 aliphatic rings. The van der Waals surface area contributed by atoms with Crippen LogP contribution in [0.15, 0.2) is 12.2 Å². The molecule has 1 rings (SSSR count). The Bertz CT molecular complexity index is 548. The lowest BCUT2D eigenvalue weighted by molar-refractivity contribution is -0.00110. The van der Waals surface area contributed by atoms with Crippen molar-refractivity contribution in [2.24, 2.45) is 17.8 Å². The molecule has 0 unspecified atom stereocenters. The van der Waals surface area contributed by atoms with E-state index in [4.69, 9.17) is 15.3 Å². The lowest BCUT2D eigenvalue weighted by Gasteiger charge is -2.46. The van der Waals surface area contributed by atoms with Crippen LogP contribution in [0.4, 0.5) is 0 Å². The van der Waals surface area contributed by atoms with Crippen LogP contribution in [-0.2, 0) is 8.85 Å². The molecule has 0 aromatic carbocycles. The average Bonchev–Trinajstić information content (AvgIpc) is 2.47. The maximum Gasteiger partial charge on any atom is 0.193 e. The summed E-state index contributed by atoms with van der Waals surface area (Å²) in [4.78, 5) is 0. The first-order valence-electron chi connectivity index (χ1n) is 10.6. The molecule has 2 nitrogen and oxygen atoms in total. The normalized spacial score (nSPS) is 28.5. The van der Waals surface area contributed by atoms with Crippen molar-refractivity contribution < 1.29 is 8.85 Å². The van der Waals surface area contributed by atoms with E-state index in [9.17, 15) is 0 Å². The lowest BCUT2D eigenvalue weighted by atomic mass is 9.68. The second-order valence-electron chi connectivity index (χ2n) is 11.1. The van der Waals surface area contributed by atoms with E-state index in [1.807, 2.05) is 0 Å². The summed E-state index contributed by atoms with van der Waals surface area (Å²) in [7, 11) is -3.55. The first-order valence-corrected chi connectivity index (χ1v) is 16.9. The largest absolute Gasteiger partial charge is 0.414 e. The second-order valence-corrected chi connectivity index (χ2v) is 20.4. The molecule has 1 aliphatic carbocycles. The van der Waals surface area contributed by atoms with E-state index in [-0.39, 0.29) is 17.2 Å². The van der Waals surface area contributed by atoms with Gasteiger partial charge in [0.15, 0.2) is 16.6 Å². The second kappa shape index (κ2) is 8.99. The number of allylic oxidation sites excluding steroid dienone is 1. The monoisotopic (exact) mass is 408 g/mol. The van der Waals surface area contributed by atoms with E-state index in [2.05, 4.69) is 79.9 Å². The van der Waals surface area contributed by atoms with Crippen molar-refractivity contribution in [1.82, 2.24) is 0 Å². The third-order valence-corrected chi connectivity index (χ3v) is 11.9. The fourth-order valence-electron chi connectivity index (χ4n) is 3.92. The van der Waals surface area contributed by atoms with Crippen LogP contribution < -0.4 is 0 Å². The van der Waals surface area contributed by atoms with Crippen molar-refractivity contribution in [3.63, 3.8) is 0 Å². The minimum absolute atomic E-state index is 0.143. The van der Waals surface area contributed by atoms with Crippen LogP contribution in [0.25, 0.3) is 0 Å². The number of rotatable bonds is 7. The molecular formula is C23H44O2Si2. The first-order chi connectivity index (χ1) is 12.1. The molecule has 0 aliphatic heterocycles. The van der Waals surface area contributed by atoms with Gasteiger partial charge in [-0.2, -0.15) is 0 Å². The number of hydrogen-bond donors (Lipinski definition) is 0. The lowest BCUT2D eigenvalue weighted by Crippen LogP contribution is -2.49. The van der Waals surface area contributed by atoms with Crippen LogP contribution in [0.2, 0.25) is 37.8 Å². The SMILES string of the molecule is C#C[C@H](C[C@H]1[C@H](O[Si](C)(C)C)[C@H](C)CC[C@@H]1C(=C)C)O[Si](C)(C)C(C)(C)C. The quantitative estimate of drug-likeness (QED) is 0.260. The predicted octanol–water partition coefficient (Wildman–Crippen LogP) is 6.86.